The summed E-state index contributed by atoms with van der Waals surface area (Å²) in [5, 5.41) is 8.00. The quantitative estimate of drug-likeness (QED) is 0.804. The minimum Gasteiger partial charge on any atom is -0.349 e. The molecule has 160 valence electrons. The summed E-state index contributed by atoms with van der Waals surface area (Å²) >= 11 is 0. The molecule has 0 aromatic carbocycles. The Morgan fingerprint density at radius 1 is 1.23 bits per heavy atom. The molecule has 6 heteroatoms. The number of nitrogens with one attached hydrogen (secondary N) is 1. The van der Waals surface area contributed by atoms with Crippen LogP contribution in [-0.4, -0.2) is 25.7 Å². The van der Waals surface area contributed by atoms with E-state index in [0.717, 1.165) is 44.1 Å². The molecule has 4 saturated carbocycles. The van der Waals surface area contributed by atoms with Crippen LogP contribution in [0, 0.1) is 22.7 Å². The molecule has 0 aliphatic heterocycles. The molecule has 6 rings (SSSR count). The van der Waals surface area contributed by atoms with Crippen molar-refractivity contribution in [2.24, 2.45) is 22.7 Å². The Balaban J connectivity index is 1.43. The van der Waals surface area contributed by atoms with Gasteiger partial charge in [0.15, 0.2) is 0 Å². The van der Waals surface area contributed by atoms with Crippen LogP contribution in [0.1, 0.15) is 77.3 Å². The zero-order valence-corrected chi connectivity index (χ0v) is 18.3. The summed E-state index contributed by atoms with van der Waals surface area (Å²) in [6, 6.07) is 4.03. The van der Waals surface area contributed by atoms with Crippen LogP contribution in [0.3, 0.4) is 0 Å². The van der Waals surface area contributed by atoms with Gasteiger partial charge < -0.3 is 5.32 Å². The lowest BCUT2D eigenvalue weighted by atomic mass is 9.46. The lowest BCUT2D eigenvalue weighted by Gasteiger charge is -2.61. The van der Waals surface area contributed by atoms with E-state index in [0.29, 0.717) is 11.8 Å². The van der Waals surface area contributed by atoms with Crippen LogP contribution in [0.4, 0.5) is 0 Å². The van der Waals surface area contributed by atoms with Gasteiger partial charge >= 0.3 is 0 Å². The van der Waals surface area contributed by atoms with Crippen molar-refractivity contribution in [2.75, 3.05) is 0 Å². The fraction of sp³-hybridized carbons (Fsp3) is 0.667. The molecule has 1 amide bonds. The molecule has 4 bridgehead atoms. The van der Waals surface area contributed by atoms with E-state index >= 15 is 0 Å². The first-order chi connectivity index (χ1) is 14.3. The smallest absolute Gasteiger partial charge is 0.226 e. The average Bonchev–Trinajstić information content (AvgIpc) is 3.22. The first-order valence-corrected chi connectivity index (χ1v) is 11.3. The molecule has 0 saturated heterocycles. The first-order valence-electron chi connectivity index (χ1n) is 11.3. The van der Waals surface area contributed by atoms with Gasteiger partial charge in [0.1, 0.15) is 12.7 Å². The molecular weight excluding hydrogens is 374 g/mol. The Hall–Kier alpha value is -2.24. The van der Waals surface area contributed by atoms with Crippen molar-refractivity contribution >= 4 is 5.91 Å². The number of nitrogens with zero attached hydrogens (tertiary/aromatic N) is 4. The zero-order valence-electron chi connectivity index (χ0n) is 18.3. The summed E-state index contributed by atoms with van der Waals surface area (Å²) in [6.45, 7) is 6.69. The Morgan fingerprint density at radius 3 is 2.60 bits per heavy atom. The molecule has 3 unspecified atom stereocenters. The number of carbonyl (C=O) groups excluding carboxylic acids is 1. The lowest BCUT2D eigenvalue weighted by molar-refractivity contribution is -0.157. The van der Waals surface area contributed by atoms with Gasteiger partial charge in [0.05, 0.1) is 17.0 Å². The summed E-state index contributed by atoms with van der Waals surface area (Å²) in [5.41, 5.74) is 0.883. The third kappa shape index (κ3) is 3.44. The fourth-order valence-corrected chi connectivity index (χ4v) is 6.96. The summed E-state index contributed by atoms with van der Waals surface area (Å²) in [7, 11) is 0. The maximum atomic E-state index is 13.9. The monoisotopic (exact) mass is 407 g/mol. The molecule has 3 atom stereocenters. The van der Waals surface area contributed by atoms with Crippen LogP contribution < -0.4 is 5.32 Å². The predicted molar refractivity (Wildman–Crippen MR) is 114 cm³/mol. The van der Waals surface area contributed by atoms with E-state index < -0.39 is 0 Å². The minimum atomic E-state index is -0.283. The molecule has 2 heterocycles. The maximum absolute atomic E-state index is 13.9. The SMILES string of the molecule is CC(C)(C)CC(NC(=O)C12CC3CC(C1)CC(n1cncn1)(C3)C2)c1cccnc1. The van der Waals surface area contributed by atoms with Gasteiger partial charge in [-0.15, -0.1) is 0 Å². The highest BCUT2D eigenvalue weighted by atomic mass is 16.2. The molecule has 0 radical (unpaired) electrons. The minimum absolute atomic E-state index is 0.0125. The third-order valence-electron chi connectivity index (χ3n) is 7.63. The van der Waals surface area contributed by atoms with E-state index in [-0.39, 0.29) is 28.3 Å². The lowest BCUT2D eigenvalue weighted by Crippen LogP contribution is -2.61. The summed E-state index contributed by atoms with van der Waals surface area (Å²) in [4.78, 5) is 22.4. The van der Waals surface area contributed by atoms with Crippen molar-refractivity contribution in [3.63, 3.8) is 0 Å². The molecule has 0 spiro atoms. The largest absolute Gasteiger partial charge is 0.349 e. The maximum Gasteiger partial charge on any atom is 0.226 e. The van der Waals surface area contributed by atoms with Crippen molar-refractivity contribution < 1.29 is 4.79 Å². The van der Waals surface area contributed by atoms with E-state index in [1.54, 1.807) is 12.5 Å². The second-order valence-corrected chi connectivity index (χ2v) is 11.4. The normalized spacial score (nSPS) is 33.4. The van der Waals surface area contributed by atoms with E-state index in [1.165, 1.54) is 6.42 Å². The van der Waals surface area contributed by atoms with Crippen LogP contribution in [0.5, 0.6) is 0 Å². The number of aromatic nitrogens is 4. The first kappa shape index (κ1) is 19.7. The van der Waals surface area contributed by atoms with Crippen LogP contribution in [0.15, 0.2) is 37.2 Å². The van der Waals surface area contributed by atoms with Gasteiger partial charge in [-0.3, -0.25) is 9.78 Å². The van der Waals surface area contributed by atoms with E-state index in [9.17, 15) is 4.79 Å². The number of carbonyl (C=O) groups is 1. The van der Waals surface area contributed by atoms with E-state index in [4.69, 9.17) is 0 Å². The van der Waals surface area contributed by atoms with Crippen LogP contribution in [0.25, 0.3) is 0 Å². The van der Waals surface area contributed by atoms with Crippen molar-refractivity contribution in [3.8, 4) is 0 Å². The molecule has 1 N–H and O–H groups in total. The highest BCUT2D eigenvalue weighted by Gasteiger charge is 2.61. The van der Waals surface area contributed by atoms with E-state index in [1.807, 2.05) is 18.6 Å². The molecule has 2 aromatic heterocycles. The second kappa shape index (κ2) is 6.89. The number of pyridine rings is 1. The molecule has 4 aliphatic rings. The molecule has 30 heavy (non-hydrogen) atoms. The van der Waals surface area contributed by atoms with Gasteiger partial charge in [-0.25, -0.2) is 9.67 Å². The van der Waals surface area contributed by atoms with Gasteiger partial charge in [-0.2, -0.15) is 5.10 Å². The fourth-order valence-electron chi connectivity index (χ4n) is 6.96. The second-order valence-electron chi connectivity index (χ2n) is 11.4. The highest BCUT2D eigenvalue weighted by Crippen LogP contribution is 2.64. The molecule has 4 fully saturated rings. The number of hydrogen-bond acceptors (Lipinski definition) is 4. The Bertz CT molecular complexity index is 887. The summed E-state index contributed by atoms with van der Waals surface area (Å²) in [6.07, 6.45) is 14.5. The van der Waals surface area contributed by atoms with Crippen LogP contribution >= 0.6 is 0 Å². The van der Waals surface area contributed by atoms with Gasteiger partial charge in [0.25, 0.3) is 0 Å². The Kier molecular flexibility index (Phi) is 4.53. The third-order valence-corrected chi connectivity index (χ3v) is 7.63. The van der Waals surface area contributed by atoms with Crippen molar-refractivity contribution in [1.82, 2.24) is 25.1 Å². The van der Waals surface area contributed by atoms with Gasteiger partial charge in [-0.05, 0) is 73.8 Å². The standard InChI is InChI=1S/C24H33N5O/c1-22(2,3)12-20(19-5-4-6-25-13-19)28-21(30)23-8-17-7-18(9-23)11-24(10-17,14-23)29-16-26-15-27-29/h4-6,13,15-18,20H,7-12,14H2,1-3H3,(H,28,30). The number of hydrogen-bond donors (Lipinski definition) is 1. The summed E-state index contributed by atoms with van der Waals surface area (Å²) < 4.78 is 2.07. The van der Waals surface area contributed by atoms with Gasteiger partial charge in [0, 0.05) is 12.4 Å². The van der Waals surface area contributed by atoms with E-state index in [2.05, 4.69) is 51.9 Å². The molecule has 2 aromatic rings. The zero-order chi connectivity index (χ0) is 21.0. The van der Waals surface area contributed by atoms with Crippen molar-refractivity contribution in [2.45, 2.75) is 77.3 Å². The van der Waals surface area contributed by atoms with Crippen LogP contribution in [0.2, 0.25) is 0 Å². The van der Waals surface area contributed by atoms with Crippen molar-refractivity contribution in [3.05, 3.63) is 42.7 Å². The van der Waals surface area contributed by atoms with Crippen molar-refractivity contribution in [1.29, 1.82) is 0 Å². The Labute approximate surface area is 178 Å². The Morgan fingerprint density at radius 2 is 2.00 bits per heavy atom. The number of amides is 1. The molecule has 4 aliphatic carbocycles. The molecular formula is C24H33N5O. The van der Waals surface area contributed by atoms with Gasteiger partial charge in [0.2, 0.25) is 5.91 Å². The average molecular weight is 408 g/mol. The van der Waals surface area contributed by atoms with Crippen LogP contribution in [-0.2, 0) is 10.3 Å². The predicted octanol–water partition coefficient (Wildman–Crippen LogP) is 4.26. The molecule has 6 nitrogen and oxygen atoms in total. The van der Waals surface area contributed by atoms with Gasteiger partial charge in [-0.1, -0.05) is 26.8 Å². The topological polar surface area (TPSA) is 72.7 Å². The summed E-state index contributed by atoms with van der Waals surface area (Å²) in [5.74, 6) is 1.46. The highest BCUT2D eigenvalue weighted by molar-refractivity contribution is 5.83. The number of rotatable bonds is 5.